The normalized spacial score (nSPS) is 11.9. The Balaban J connectivity index is 1.71. The molecule has 0 fully saturated rings. The Kier molecular flexibility index (Phi) is 6.89. The van der Waals surface area contributed by atoms with Crippen LogP contribution in [0.2, 0.25) is 0 Å². The van der Waals surface area contributed by atoms with Crippen LogP contribution in [0.5, 0.6) is 0 Å². The highest BCUT2D eigenvalue weighted by Gasteiger charge is 2.40. The number of benzene rings is 3. The second-order valence-corrected chi connectivity index (χ2v) is 9.84. The van der Waals surface area contributed by atoms with Gasteiger partial charge in [0.1, 0.15) is 0 Å². The number of aromatic nitrogens is 2. The number of imidazole rings is 1. The minimum Gasteiger partial charge on any atom is -0.324 e. The Hall–Kier alpha value is -3.21. The fourth-order valence-electron chi connectivity index (χ4n) is 5.00. The lowest BCUT2D eigenvalue weighted by atomic mass is 9.76. The summed E-state index contributed by atoms with van der Waals surface area (Å²) in [6, 6.07) is 31.3. The van der Waals surface area contributed by atoms with Crippen molar-refractivity contribution in [2.75, 3.05) is 6.54 Å². The van der Waals surface area contributed by atoms with Crippen LogP contribution < -0.4 is 0 Å². The molecule has 0 radical (unpaired) electrons. The van der Waals surface area contributed by atoms with E-state index >= 15 is 0 Å². The van der Waals surface area contributed by atoms with Crippen molar-refractivity contribution in [2.45, 2.75) is 38.4 Å². The van der Waals surface area contributed by atoms with E-state index in [0.717, 1.165) is 32.5 Å². The Labute approximate surface area is 206 Å². The highest BCUT2D eigenvalue weighted by atomic mass is 32.1. The molecule has 0 amide bonds. The molecule has 0 atom stereocenters. The summed E-state index contributed by atoms with van der Waals surface area (Å²) in [5, 5.41) is 3.51. The predicted octanol–water partition coefficient (Wildman–Crippen LogP) is 7.34. The molecule has 172 valence electrons. The van der Waals surface area contributed by atoms with Crippen LogP contribution >= 0.6 is 11.3 Å². The molecule has 0 saturated carbocycles. The highest BCUT2D eigenvalue weighted by Crippen LogP contribution is 2.40. The smallest absolute Gasteiger partial charge is 0.0956 e. The third-order valence-corrected chi connectivity index (χ3v) is 7.59. The van der Waals surface area contributed by atoms with E-state index in [1.807, 2.05) is 12.5 Å². The van der Waals surface area contributed by atoms with Gasteiger partial charge in [0.2, 0.25) is 0 Å². The molecule has 0 N–H and O–H groups in total. The molecule has 0 spiro atoms. The summed E-state index contributed by atoms with van der Waals surface area (Å²) < 4.78 is 3.54. The number of hydrogen-bond acceptors (Lipinski definition) is 3. The van der Waals surface area contributed by atoms with Crippen molar-refractivity contribution >= 4 is 21.4 Å². The van der Waals surface area contributed by atoms with Gasteiger partial charge in [-0.15, -0.1) is 11.3 Å². The van der Waals surface area contributed by atoms with Crippen molar-refractivity contribution in [2.24, 2.45) is 0 Å². The zero-order valence-electron chi connectivity index (χ0n) is 19.7. The first-order chi connectivity index (χ1) is 16.8. The SMILES string of the molecule is CCCCN(Cn1ccnc1)C(Cc1ccc2sccc2c1)(c1ccccc1)c1ccccc1. The first-order valence-corrected chi connectivity index (χ1v) is 13.0. The van der Waals surface area contributed by atoms with Crippen LogP contribution in [0.15, 0.2) is 109 Å². The summed E-state index contributed by atoms with van der Waals surface area (Å²) in [5.74, 6) is 0. The zero-order valence-corrected chi connectivity index (χ0v) is 20.5. The number of rotatable bonds is 10. The molecule has 0 aliphatic rings. The van der Waals surface area contributed by atoms with Crippen molar-refractivity contribution in [1.29, 1.82) is 0 Å². The first kappa shape index (κ1) is 22.6. The van der Waals surface area contributed by atoms with Gasteiger partial charge in [0.25, 0.3) is 0 Å². The molecule has 5 aromatic rings. The molecular weight excluding hydrogens is 434 g/mol. The molecule has 5 rings (SSSR count). The second kappa shape index (κ2) is 10.4. The lowest BCUT2D eigenvalue weighted by Crippen LogP contribution is -2.49. The lowest BCUT2D eigenvalue weighted by Gasteiger charge is -2.45. The number of fused-ring (bicyclic) bond motifs is 1. The standard InChI is InChI=1S/C30H31N3S/c1-2-3-18-33(24-32-19-17-31-23-32)30(27-10-6-4-7-11-27,28-12-8-5-9-13-28)22-25-14-15-29-26(21-25)16-20-34-29/h4-17,19-21,23H,2-3,18,22,24H2,1H3. The van der Waals surface area contributed by atoms with Crippen LogP contribution in [-0.2, 0) is 18.6 Å². The lowest BCUT2D eigenvalue weighted by molar-refractivity contribution is 0.0814. The maximum Gasteiger partial charge on any atom is 0.0956 e. The Bertz CT molecular complexity index is 1250. The number of hydrogen-bond donors (Lipinski definition) is 0. The van der Waals surface area contributed by atoms with Gasteiger partial charge in [0.05, 0.1) is 18.5 Å². The number of nitrogens with zero attached hydrogens (tertiary/aromatic N) is 3. The van der Waals surface area contributed by atoms with Crippen molar-refractivity contribution < 1.29 is 0 Å². The van der Waals surface area contributed by atoms with Crippen LogP contribution in [0.1, 0.15) is 36.5 Å². The van der Waals surface area contributed by atoms with E-state index in [0.29, 0.717) is 0 Å². The van der Waals surface area contributed by atoms with Crippen LogP contribution in [0.4, 0.5) is 0 Å². The molecule has 0 aliphatic heterocycles. The molecule has 3 aromatic carbocycles. The highest BCUT2D eigenvalue weighted by molar-refractivity contribution is 7.17. The maximum atomic E-state index is 4.33. The fraction of sp³-hybridized carbons (Fsp3) is 0.233. The van der Waals surface area contributed by atoms with Crippen LogP contribution in [0.25, 0.3) is 10.1 Å². The minimum absolute atomic E-state index is 0.314. The summed E-state index contributed by atoms with van der Waals surface area (Å²) in [6.07, 6.45) is 9.05. The van der Waals surface area contributed by atoms with E-state index in [1.165, 1.54) is 26.8 Å². The van der Waals surface area contributed by atoms with Crippen molar-refractivity contribution in [3.8, 4) is 0 Å². The van der Waals surface area contributed by atoms with E-state index in [4.69, 9.17) is 0 Å². The molecule has 0 unspecified atom stereocenters. The van der Waals surface area contributed by atoms with Gasteiger partial charge in [-0.1, -0.05) is 86.1 Å². The minimum atomic E-state index is -0.314. The zero-order chi connectivity index (χ0) is 23.2. The van der Waals surface area contributed by atoms with E-state index in [2.05, 4.69) is 118 Å². The van der Waals surface area contributed by atoms with Gasteiger partial charge in [0.15, 0.2) is 0 Å². The Morgan fingerprint density at radius 3 is 2.29 bits per heavy atom. The summed E-state index contributed by atoms with van der Waals surface area (Å²) >= 11 is 1.81. The second-order valence-electron chi connectivity index (χ2n) is 8.90. The monoisotopic (exact) mass is 465 g/mol. The van der Waals surface area contributed by atoms with Gasteiger partial charge in [-0.05, 0) is 52.4 Å². The average Bonchev–Trinajstić information content (AvgIpc) is 3.58. The van der Waals surface area contributed by atoms with Gasteiger partial charge in [-0.25, -0.2) is 4.98 Å². The quantitative estimate of drug-likeness (QED) is 0.215. The summed E-state index contributed by atoms with van der Waals surface area (Å²) in [7, 11) is 0. The molecule has 0 saturated heterocycles. The Morgan fingerprint density at radius 2 is 1.65 bits per heavy atom. The van der Waals surface area contributed by atoms with E-state index < -0.39 is 0 Å². The molecule has 0 bridgehead atoms. The fourth-order valence-corrected chi connectivity index (χ4v) is 5.77. The van der Waals surface area contributed by atoms with E-state index in [-0.39, 0.29) is 5.54 Å². The third-order valence-electron chi connectivity index (χ3n) is 6.69. The largest absolute Gasteiger partial charge is 0.324 e. The molecule has 2 heterocycles. The maximum absolute atomic E-state index is 4.33. The predicted molar refractivity (Wildman–Crippen MR) is 143 cm³/mol. The molecule has 2 aromatic heterocycles. The summed E-state index contributed by atoms with van der Waals surface area (Å²) in [5.41, 5.74) is 3.68. The molecule has 34 heavy (non-hydrogen) atoms. The number of unbranched alkanes of at least 4 members (excludes halogenated alkanes) is 1. The topological polar surface area (TPSA) is 21.1 Å². The molecule has 3 nitrogen and oxygen atoms in total. The van der Waals surface area contributed by atoms with Crippen molar-refractivity contribution in [3.63, 3.8) is 0 Å². The van der Waals surface area contributed by atoms with Gasteiger partial charge >= 0.3 is 0 Å². The van der Waals surface area contributed by atoms with Gasteiger partial charge < -0.3 is 4.57 Å². The molecule has 0 aliphatic carbocycles. The first-order valence-electron chi connectivity index (χ1n) is 12.1. The van der Waals surface area contributed by atoms with E-state index in [1.54, 1.807) is 11.3 Å². The van der Waals surface area contributed by atoms with Crippen LogP contribution in [-0.4, -0.2) is 21.0 Å². The Morgan fingerprint density at radius 1 is 0.912 bits per heavy atom. The van der Waals surface area contributed by atoms with E-state index in [9.17, 15) is 0 Å². The summed E-state index contributed by atoms with van der Waals surface area (Å²) in [4.78, 5) is 6.99. The molecular formula is C30H31N3S. The van der Waals surface area contributed by atoms with Gasteiger partial charge in [-0.3, -0.25) is 4.90 Å². The van der Waals surface area contributed by atoms with Crippen LogP contribution in [0.3, 0.4) is 0 Å². The van der Waals surface area contributed by atoms with Crippen LogP contribution in [0, 0.1) is 0 Å². The van der Waals surface area contributed by atoms with Crippen molar-refractivity contribution in [1.82, 2.24) is 14.5 Å². The summed E-state index contributed by atoms with van der Waals surface area (Å²) in [6.45, 7) is 4.05. The van der Waals surface area contributed by atoms with Gasteiger partial charge in [-0.2, -0.15) is 0 Å². The number of thiophene rings is 1. The van der Waals surface area contributed by atoms with Crippen molar-refractivity contribution in [3.05, 3.63) is 126 Å². The van der Waals surface area contributed by atoms with Gasteiger partial charge in [0, 0.05) is 23.6 Å². The average molecular weight is 466 g/mol. The molecule has 4 heteroatoms. The third kappa shape index (κ3) is 4.56.